The van der Waals surface area contributed by atoms with Crippen molar-refractivity contribution in [1.29, 1.82) is 0 Å². The van der Waals surface area contributed by atoms with Crippen molar-refractivity contribution in [2.45, 2.75) is 31.6 Å². The Hall–Kier alpha value is 0.270. The fraction of sp³-hybridized carbons (Fsp3) is 1.00. The van der Waals surface area contributed by atoms with Gasteiger partial charge >= 0.3 is 0 Å². The van der Waals surface area contributed by atoms with Crippen LogP contribution in [0.2, 0.25) is 0 Å². The predicted octanol–water partition coefficient (Wildman–Crippen LogP) is 1.19. The van der Waals surface area contributed by atoms with E-state index in [2.05, 4.69) is 18.7 Å². The molecular weight excluding hydrogens is 170 g/mol. The largest absolute Gasteiger partial charge is 0.395 e. The van der Waals surface area contributed by atoms with Gasteiger partial charge in [-0.25, -0.2) is 0 Å². The van der Waals surface area contributed by atoms with E-state index < -0.39 is 0 Å². The van der Waals surface area contributed by atoms with Gasteiger partial charge in [-0.15, -0.1) is 0 Å². The minimum absolute atomic E-state index is 0.291. The predicted molar refractivity (Wildman–Crippen MR) is 54.7 cm³/mol. The summed E-state index contributed by atoms with van der Waals surface area (Å²) in [6.07, 6.45) is 1.26. The smallest absolute Gasteiger partial charge is 0.0584 e. The highest BCUT2D eigenvalue weighted by Crippen LogP contribution is 2.19. The number of rotatable bonds is 2. The van der Waals surface area contributed by atoms with Gasteiger partial charge in [-0.3, -0.25) is 4.90 Å². The van der Waals surface area contributed by atoms with Crippen LogP contribution in [0.5, 0.6) is 0 Å². The molecule has 12 heavy (non-hydrogen) atoms. The Bertz CT molecular complexity index is 132. The fourth-order valence-corrected chi connectivity index (χ4v) is 2.48. The first kappa shape index (κ1) is 10.4. The zero-order valence-electron chi connectivity index (χ0n) is 7.99. The molecule has 2 unspecified atom stereocenters. The first-order valence-electron chi connectivity index (χ1n) is 4.70. The van der Waals surface area contributed by atoms with Crippen LogP contribution in [0.1, 0.15) is 20.3 Å². The van der Waals surface area contributed by atoms with E-state index in [0.29, 0.717) is 12.6 Å². The highest BCUT2D eigenvalue weighted by Gasteiger charge is 2.17. The molecule has 72 valence electrons. The molecule has 1 saturated heterocycles. The summed E-state index contributed by atoms with van der Waals surface area (Å²) >= 11 is 2.05. The van der Waals surface area contributed by atoms with Gasteiger partial charge in [-0.1, -0.05) is 6.92 Å². The van der Waals surface area contributed by atoms with Crippen molar-refractivity contribution in [1.82, 2.24) is 4.90 Å². The zero-order valence-corrected chi connectivity index (χ0v) is 8.81. The monoisotopic (exact) mass is 189 g/mol. The standard InChI is InChI=1S/C9H19NOS/c1-8(7-11)10-4-3-9(2)12-6-5-10/h8-9,11H,3-7H2,1-2H3. The molecule has 1 N–H and O–H groups in total. The summed E-state index contributed by atoms with van der Waals surface area (Å²) in [5, 5.41) is 9.79. The fourth-order valence-electron chi connectivity index (χ4n) is 1.47. The van der Waals surface area contributed by atoms with Crippen LogP contribution in [0.25, 0.3) is 0 Å². The molecule has 2 nitrogen and oxygen atoms in total. The molecule has 1 aliphatic heterocycles. The molecular formula is C9H19NOS. The third-order valence-electron chi connectivity index (χ3n) is 2.49. The minimum atomic E-state index is 0.291. The Balaban J connectivity index is 2.35. The number of hydrogen-bond acceptors (Lipinski definition) is 3. The second-order valence-corrected chi connectivity index (χ2v) is 5.08. The van der Waals surface area contributed by atoms with Gasteiger partial charge in [0.2, 0.25) is 0 Å². The van der Waals surface area contributed by atoms with Crippen LogP contribution >= 0.6 is 11.8 Å². The molecule has 0 bridgehead atoms. The highest BCUT2D eigenvalue weighted by molar-refractivity contribution is 7.99. The molecule has 2 atom stereocenters. The molecule has 0 radical (unpaired) electrons. The number of aliphatic hydroxyl groups excluding tert-OH is 1. The summed E-state index contributed by atoms with van der Waals surface area (Å²) in [5.41, 5.74) is 0. The van der Waals surface area contributed by atoms with Crippen molar-refractivity contribution >= 4 is 11.8 Å². The maximum atomic E-state index is 9.00. The van der Waals surface area contributed by atoms with Crippen LogP contribution in [-0.2, 0) is 0 Å². The number of nitrogens with zero attached hydrogens (tertiary/aromatic N) is 1. The first-order valence-corrected chi connectivity index (χ1v) is 5.75. The van der Waals surface area contributed by atoms with Crippen LogP contribution in [0.15, 0.2) is 0 Å². The second kappa shape index (κ2) is 5.10. The summed E-state index contributed by atoms with van der Waals surface area (Å²) < 4.78 is 0. The van der Waals surface area contributed by atoms with Gasteiger partial charge in [0.15, 0.2) is 0 Å². The summed E-state index contributed by atoms with van der Waals surface area (Å²) in [7, 11) is 0. The number of thioether (sulfide) groups is 1. The third-order valence-corrected chi connectivity index (χ3v) is 3.71. The maximum Gasteiger partial charge on any atom is 0.0584 e. The van der Waals surface area contributed by atoms with Crippen molar-refractivity contribution in [2.24, 2.45) is 0 Å². The van der Waals surface area contributed by atoms with Gasteiger partial charge in [0.1, 0.15) is 0 Å². The summed E-state index contributed by atoms with van der Waals surface area (Å²) in [6, 6.07) is 0.343. The van der Waals surface area contributed by atoms with Gasteiger partial charge in [0.05, 0.1) is 6.61 Å². The van der Waals surface area contributed by atoms with Crippen molar-refractivity contribution in [3.8, 4) is 0 Å². The second-order valence-electron chi connectivity index (χ2n) is 3.54. The van der Waals surface area contributed by atoms with Gasteiger partial charge in [0, 0.05) is 23.6 Å². The summed E-state index contributed by atoms with van der Waals surface area (Å²) in [4.78, 5) is 2.39. The molecule has 0 spiro atoms. The van der Waals surface area contributed by atoms with Crippen LogP contribution < -0.4 is 0 Å². The van der Waals surface area contributed by atoms with E-state index in [-0.39, 0.29) is 0 Å². The third kappa shape index (κ3) is 2.96. The average Bonchev–Trinajstić information content (AvgIpc) is 2.29. The Labute approximate surface area is 79.3 Å². The van der Waals surface area contributed by atoms with Gasteiger partial charge < -0.3 is 5.11 Å². The van der Waals surface area contributed by atoms with Crippen molar-refractivity contribution in [2.75, 3.05) is 25.4 Å². The summed E-state index contributed by atoms with van der Waals surface area (Å²) in [5.74, 6) is 1.21. The Kier molecular flexibility index (Phi) is 4.40. The molecule has 1 rings (SSSR count). The summed E-state index contributed by atoms with van der Waals surface area (Å²) in [6.45, 7) is 6.96. The molecule has 0 amide bonds. The molecule has 0 aromatic heterocycles. The van der Waals surface area contributed by atoms with Crippen LogP contribution in [0, 0.1) is 0 Å². The minimum Gasteiger partial charge on any atom is -0.395 e. The SMILES string of the molecule is CC1CCN(C(C)CO)CCS1. The highest BCUT2D eigenvalue weighted by atomic mass is 32.2. The van der Waals surface area contributed by atoms with Crippen molar-refractivity contribution in [3.05, 3.63) is 0 Å². The lowest BCUT2D eigenvalue weighted by atomic mass is 10.2. The van der Waals surface area contributed by atoms with Gasteiger partial charge in [-0.05, 0) is 19.9 Å². The van der Waals surface area contributed by atoms with Gasteiger partial charge in [0.25, 0.3) is 0 Å². The van der Waals surface area contributed by atoms with E-state index in [1.807, 2.05) is 11.8 Å². The van der Waals surface area contributed by atoms with Crippen LogP contribution in [-0.4, -0.2) is 46.7 Å². The molecule has 0 aliphatic carbocycles. The quantitative estimate of drug-likeness (QED) is 0.706. The Morgan fingerprint density at radius 1 is 1.58 bits per heavy atom. The Morgan fingerprint density at radius 2 is 2.33 bits per heavy atom. The van der Waals surface area contributed by atoms with E-state index in [0.717, 1.165) is 18.3 Å². The van der Waals surface area contributed by atoms with Crippen LogP contribution in [0.4, 0.5) is 0 Å². The lowest BCUT2D eigenvalue weighted by molar-refractivity contribution is 0.141. The van der Waals surface area contributed by atoms with E-state index in [9.17, 15) is 0 Å². The average molecular weight is 189 g/mol. The van der Waals surface area contributed by atoms with Crippen LogP contribution in [0.3, 0.4) is 0 Å². The lowest BCUT2D eigenvalue weighted by Crippen LogP contribution is -2.37. The lowest BCUT2D eigenvalue weighted by Gasteiger charge is -2.25. The molecule has 0 aromatic rings. The van der Waals surface area contributed by atoms with E-state index in [1.54, 1.807) is 0 Å². The number of aliphatic hydroxyl groups is 1. The molecule has 1 aliphatic rings. The zero-order chi connectivity index (χ0) is 8.97. The first-order chi connectivity index (χ1) is 5.74. The topological polar surface area (TPSA) is 23.5 Å². The van der Waals surface area contributed by atoms with E-state index in [4.69, 9.17) is 5.11 Å². The molecule has 3 heteroatoms. The van der Waals surface area contributed by atoms with Crippen molar-refractivity contribution in [3.63, 3.8) is 0 Å². The molecule has 0 saturated carbocycles. The molecule has 0 aromatic carbocycles. The van der Waals surface area contributed by atoms with Crippen molar-refractivity contribution < 1.29 is 5.11 Å². The van der Waals surface area contributed by atoms with E-state index in [1.165, 1.54) is 12.2 Å². The van der Waals surface area contributed by atoms with Gasteiger partial charge in [-0.2, -0.15) is 11.8 Å². The maximum absolute atomic E-state index is 9.00. The number of hydrogen-bond donors (Lipinski definition) is 1. The normalized spacial score (nSPS) is 29.8. The Morgan fingerprint density at radius 3 is 3.00 bits per heavy atom. The van der Waals surface area contributed by atoms with E-state index >= 15 is 0 Å². The molecule has 1 heterocycles. The molecule has 1 fully saturated rings.